The van der Waals surface area contributed by atoms with E-state index >= 15 is 0 Å². The summed E-state index contributed by atoms with van der Waals surface area (Å²) in [7, 11) is 0. The van der Waals surface area contributed by atoms with Crippen molar-refractivity contribution >= 4 is 5.84 Å². The van der Waals surface area contributed by atoms with Crippen molar-refractivity contribution in [3.63, 3.8) is 0 Å². The number of hydrogen-bond donors (Lipinski definition) is 1. The number of nitrogens with zero attached hydrogens (tertiary/aromatic N) is 1. The Morgan fingerprint density at radius 3 is 2.14 bits per heavy atom. The van der Waals surface area contributed by atoms with Crippen LogP contribution >= 0.6 is 0 Å². The lowest BCUT2D eigenvalue weighted by atomic mass is 10.1. The van der Waals surface area contributed by atoms with E-state index in [-0.39, 0.29) is 6.10 Å². The summed E-state index contributed by atoms with van der Waals surface area (Å²) in [5.74, 6) is 2.42. The minimum absolute atomic E-state index is 0.168. The van der Waals surface area contributed by atoms with E-state index in [0.29, 0.717) is 6.61 Å². The number of rotatable bonds is 9. The molecule has 0 saturated carbocycles. The molecular weight excluding hydrogens is 360 g/mol. The van der Waals surface area contributed by atoms with Crippen LogP contribution in [0.4, 0.5) is 0 Å². The Morgan fingerprint density at radius 2 is 1.45 bits per heavy atom. The summed E-state index contributed by atoms with van der Waals surface area (Å²) in [6.45, 7) is 2.26. The van der Waals surface area contributed by atoms with Gasteiger partial charge in [0, 0.05) is 19.4 Å². The molecule has 0 aliphatic carbocycles. The molecule has 0 aromatic heterocycles. The van der Waals surface area contributed by atoms with Gasteiger partial charge in [-0.15, -0.1) is 0 Å². The summed E-state index contributed by atoms with van der Waals surface area (Å²) < 4.78 is 12.5. The molecule has 1 N–H and O–H groups in total. The maximum Gasteiger partial charge on any atom is 0.162 e. The number of para-hydroxylation sites is 2. The van der Waals surface area contributed by atoms with Gasteiger partial charge in [-0.1, -0.05) is 72.8 Å². The van der Waals surface area contributed by atoms with Crippen LogP contribution in [0.25, 0.3) is 0 Å². The average molecular weight is 386 g/mol. The molecule has 1 aliphatic rings. The summed E-state index contributed by atoms with van der Waals surface area (Å²) in [5, 5.41) is 3.37. The predicted molar refractivity (Wildman–Crippen MR) is 117 cm³/mol. The highest BCUT2D eigenvalue weighted by Crippen LogP contribution is 2.28. The molecule has 1 atom stereocenters. The van der Waals surface area contributed by atoms with Gasteiger partial charge >= 0.3 is 0 Å². The first-order valence-electron chi connectivity index (χ1n) is 10.1. The highest BCUT2D eigenvalue weighted by molar-refractivity contribution is 5.88. The van der Waals surface area contributed by atoms with Crippen molar-refractivity contribution in [3.8, 4) is 11.5 Å². The Hall–Kier alpha value is -3.27. The Balaban J connectivity index is 1.45. The quantitative estimate of drug-likeness (QED) is 0.596. The number of ether oxygens (including phenoxy) is 2. The Morgan fingerprint density at radius 1 is 0.793 bits per heavy atom. The maximum atomic E-state index is 6.42. The minimum atomic E-state index is -0.168. The second-order valence-electron chi connectivity index (χ2n) is 7.02. The zero-order valence-corrected chi connectivity index (χ0v) is 16.5. The van der Waals surface area contributed by atoms with Crippen molar-refractivity contribution in [1.29, 1.82) is 0 Å². The summed E-state index contributed by atoms with van der Waals surface area (Å²) in [6.07, 6.45) is 1.45. The molecule has 1 heterocycles. The van der Waals surface area contributed by atoms with E-state index in [1.807, 2.05) is 36.4 Å². The van der Waals surface area contributed by atoms with Crippen molar-refractivity contribution < 1.29 is 9.47 Å². The topological polar surface area (TPSA) is 42.9 Å². The van der Waals surface area contributed by atoms with E-state index in [1.165, 1.54) is 11.1 Å². The van der Waals surface area contributed by atoms with Gasteiger partial charge in [0.05, 0.1) is 13.2 Å². The zero-order valence-electron chi connectivity index (χ0n) is 16.5. The summed E-state index contributed by atoms with van der Waals surface area (Å²) in [6, 6.07) is 28.6. The first kappa shape index (κ1) is 19.1. The van der Waals surface area contributed by atoms with Crippen LogP contribution in [-0.2, 0) is 12.8 Å². The average Bonchev–Trinajstić information content (AvgIpc) is 3.31. The Labute approximate surface area is 172 Å². The third-order valence-corrected chi connectivity index (χ3v) is 4.88. The van der Waals surface area contributed by atoms with Gasteiger partial charge in [0.2, 0.25) is 0 Å². The number of nitrogens with one attached hydrogen (secondary N) is 1. The molecule has 1 unspecified atom stereocenters. The normalized spacial score (nSPS) is 14.0. The monoisotopic (exact) mass is 386 g/mol. The minimum Gasteiger partial charge on any atom is -0.489 e. The van der Waals surface area contributed by atoms with Crippen LogP contribution in [-0.4, -0.2) is 31.6 Å². The number of hydrogen-bond acceptors (Lipinski definition) is 4. The van der Waals surface area contributed by atoms with Crippen molar-refractivity contribution in [1.82, 2.24) is 5.32 Å². The molecule has 4 heteroatoms. The summed E-state index contributed by atoms with van der Waals surface area (Å²) >= 11 is 0. The first-order valence-corrected chi connectivity index (χ1v) is 10.1. The van der Waals surface area contributed by atoms with E-state index < -0.39 is 0 Å². The van der Waals surface area contributed by atoms with Gasteiger partial charge in [-0.25, -0.2) is 0 Å². The molecule has 4 nitrogen and oxygen atoms in total. The van der Waals surface area contributed by atoms with Crippen LogP contribution in [0.1, 0.15) is 11.1 Å². The van der Waals surface area contributed by atoms with Crippen molar-refractivity contribution in [3.05, 3.63) is 96.1 Å². The lowest BCUT2D eigenvalue weighted by Crippen LogP contribution is -2.37. The lowest BCUT2D eigenvalue weighted by molar-refractivity contribution is 0.238. The van der Waals surface area contributed by atoms with Gasteiger partial charge in [-0.3, -0.25) is 4.99 Å². The number of benzene rings is 3. The fraction of sp³-hybridized carbons (Fsp3) is 0.240. The van der Waals surface area contributed by atoms with Crippen LogP contribution in [0.5, 0.6) is 11.5 Å². The Bertz CT molecular complexity index is 926. The fourth-order valence-corrected chi connectivity index (χ4v) is 3.40. The number of amidine groups is 1. The molecule has 29 heavy (non-hydrogen) atoms. The van der Waals surface area contributed by atoms with E-state index in [2.05, 4.69) is 58.8 Å². The van der Waals surface area contributed by atoms with E-state index in [1.54, 1.807) is 0 Å². The van der Waals surface area contributed by atoms with Gasteiger partial charge in [0.15, 0.2) is 17.6 Å². The summed E-state index contributed by atoms with van der Waals surface area (Å²) in [4.78, 5) is 4.60. The van der Waals surface area contributed by atoms with Crippen molar-refractivity contribution in [2.24, 2.45) is 4.99 Å². The van der Waals surface area contributed by atoms with Crippen LogP contribution < -0.4 is 14.8 Å². The molecular formula is C25H26N2O2. The van der Waals surface area contributed by atoms with Gasteiger partial charge in [-0.05, 0) is 23.3 Å². The van der Waals surface area contributed by atoms with Gasteiger partial charge in [0.1, 0.15) is 5.84 Å². The molecule has 0 amide bonds. The molecule has 148 valence electrons. The molecule has 0 saturated heterocycles. The summed E-state index contributed by atoms with van der Waals surface area (Å²) in [5.41, 5.74) is 2.48. The second kappa shape index (κ2) is 9.78. The maximum absolute atomic E-state index is 6.42. The standard InChI is InChI=1S/C25H26N2O2/c1-3-9-20(10-4-1)15-18-28-22-13-7-8-14-23(22)29-24(25-26-16-17-27-25)19-21-11-5-2-6-12-21/h1-14,24H,15-19H2,(H,26,27). The highest BCUT2D eigenvalue weighted by Gasteiger charge is 2.22. The van der Waals surface area contributed by atoms with Crippen LogP contribution in [0, 0.1) is 0 Å². The SMILES string of the molecule is c1ccc(CCOc2ccccc2OC(Cc2ccccc2)C2=NCCN2)cc1. The van der Waals surface area contributed by atoms with Gasteiger partial charge in [-0.2, -0.15) is 0 Å². The molecule has 0 radical (unpaired) electrons. The van der Waals surface area contributed by atoms with Crippen LogP contribution in [0.2, 0.25) is 0 Å². The molecule has 1 aliphatic heterocycles. The molecule has 3 aromatic carbocycles. The second-order valence-corrected chi connectivity index (χ2v) is 7.02. The molecule has 3 aromatic rings. The zero-order chi connectivity index (χ0) is 19.7. The van der Waals surface area contributed by atoms with Crippen molar-refractivity contribution in [2.45, 2.75) is 18.9 Å². The highest BCUT2D eigenvalue weighted by atomic mass is 16.5. The lowest BCUT2D eigenvalue weighted by Gasteiger charge is -2.21. The third kappa shape index (κ3) is 5.38. The van der Waals surface area contributed by atoms with E-state index in [4.69, 9.17) is 9.47 Å². The van der Waals surface area contributed by atoms with Crippen molar-refractivity contribution in [2.75, 3.05) is 19.7 Å². The molecule has 0 bridgehead atoms. The van der Waals surface area contributed by atoms with E-state index in [9.17, 15) is 0 Å². The van der Waals surface area contributed by atoms with Crippen LogP contribution in [0.3, 0.4) is 0 Å². The van der Waals surface area contributed by atoms with Gasteiger partial charge < -0.3 is 14.8 Å². The van der Waals surface area contributed by atoms with Gasteiger partial charge in [0.25, 0.3) is 0 Å². The molecule has 0 fully saturated rings. The van der Waals surface area contributed by atoms with E-state index in [0.717, 1.165) is 43.3 Å². The van der Waals surface area contributed by atoms with Crippen LogP contribution in [0.15, 0.2) is 89.9 Å². The smallest absolute Gasteiger partial charge is 0.162 e. The third-order valence-electron chi connectivity index (χ3n) is 4.88. The first-order chi connectivity index (χ1) is 14.4. The molecule has 4 rings (SSSR count). The molecule has 0 spiro atoms. The predicted octanol–water partition coefficient (Wildman–Crippen LogP) is 4.30. The fourth-order valence-electron chi connectivity index (χ4n) is 3.40. The number of aliphatic imine (C=N–C) groups is 1. The largest absolute Gasteiger partial charge is 0.489 e. The Kier molecular flexibility index (Phi) is 6.43.